The van der Waals surface area contributed by atoms with Crippen molar-refractivity contribution in [2.45, 2.75) is 13.3 Å². The van der Waals surface area contributed by atoms with Crippen LogP contribution in [0.4, 0.5) is 5.69 Å². The van der Waals surface area contributed by atoms with E-state index in [2.05, 4.69) is 9.71 Å². The zero-order valence-corrected chi connectivity index (χ0v) is 8.16. The lowest BCUT2D eigenvalue weighted by molar-refractivity contribution is 0.589. The van der Waals surface area contributed by atoms with Crippen LogP contribution < -0.4 is 4.72 Å². The second-order valence-corrected chi connectivity index (χ2v) is 4.34. The molecular formula is C8H11N2O2S. The number of pyridine rings is 1. The Bertz CT molecular complexity index is 348. The van der Waals surface area contributed by atoms with Crippen LogP contribution in [0.1, 0.15) is 13.3 Å². The molecular weight excluding hydrogens is 188 g/mol. The molecule has 13 heavy (non-hydrogen) atoms. The minimum absolute atomic E-state index is 0.0926. The Morgan fingerprint density at radius 3 is 2.54 bits per heavy atom. The second kappa shape index (κ2) is 4.23. The van der Waals surface area contributed by atoms with Crippen LogP contribution in [0.15, 0.2) is 24.5 Å². The minimum Gasteiger partial charge on any atom is -0.265 e. The molecule has 1 aromatic rings. The van der Waals surface area contributed by atoms with Crippen molar-refractivity contribution in [2.24, 2.45) is 0 Å². The highest BCUT2D eigenvalue weighted by Gasteiger charge is 2.10. The van der Waals surface area contributed by atoms with Gasteiger partial charge in [0.05, 0.1) is 11.4 Å². The van der Waals surface area contributed by atoms with E-state index in [-0.39, 0.29) is 5.75 Å². The van der Waals surface area contributed by atoms with Crippen molar-refractivity contribution in [3.05, 3.63) is 24.5 Å². The maximum atomic E-state index is 11.2. The van der Waals surface area contributed by atoms with Gasteiger partial charge in [-0.2, -0.15) is 4.72 Å². The highest BCUT2D eigenvalue weighted by atomic mass is 32.2. The van der Waals surface area contributed by atoms with Crippen LogP contribution in [0, 0.1) is 0 Å². The Hall–Kier alpha value is -1.10. The van der Waals surface area contributed by atoms with Gasteiger partial charge in [0.2, 0.25) is 0 Å². The Morgan fingerprint density at radius 1 is 1.38 bits per heavy atom. The molecule has 0 fully saturated rings. The van der Waals surface area contributed by atoms with E-state index < -0.39 is 10.0 Å². The van der Waals surface area contributed by atoms with Crippen LogP contribution in [0.25, 0.3) is 0 Å². The van der Waals surface area contributed by atoms with E-state index in [0.717, 1.165) is 0 Å². The van der Waals surface area contributed by atoms with Gasteiger partial charge in [0.1, 0.15) is 0 Å². The van der Waals surface area contributed by atoms with Crippen LogP contribution in [0.5, 0.6) is 0 Å². The highest BCUT2D eigenvalue weighted by molar-refractivity contribution is 7.89. The molecule has 0 aliphatic rings. The first-order chi connectivity index (χ1) is 6.14. The molecule has 0 unspecified atom stereocenters. The third kappa shape index (κ3) is 3.42. The lowest BCUT2D eigenvalue weighted by Crippen LogP contribution is -2.14. The van der Waals surface area contributed by atoms with Crippen molar-refractivity contribution < 1.29 is 8.42 Å². The molecule has 0 atom stereocenters. The summed E-state index contributed by atoms with van der Waals surface area (Å²) in [6.07, 6.45) is 3.61. The van der Waals surface area contributed by atoms with E-state index in [4.69, 9.17) is 0 Å². The summed E-state index contributed by atoms with van der Waals surface area (Å²) in [5.41, 5.74) is 0.434. The lowest BCUT2D eigenvalue weighted by atomic mass is 10.4. The molecule has 0 saturated heterocycles. The molecule has 1 rings (SSSR count). The van der Waals surface area contributed by atoms with Crippen molar-refractivity contribution in [1.82, 2.24) is 9.71 Å². The van der Waals surface area contributed by atoms with E-state index in [9.17, 15) is 8.42 Å². The van der Waals surface area contributed by atoms with Gasteiger partial charge in [-0.05, 0) is 18.6 Å². The summed E-state index contributed by atoms with van der Waals surface area (Å²) in [7, 11) is -3.29. The van der Waals surface area contributed by atoms with Crippen molar-refractivity contribution in [2.75, 3.05) is 5.75 Å². The fourth-order valence-corrected chi connectivity index (χ4v) is 1.92. The van der Waals surface area contributed by atoms with E-state index in [0.29, 0.717) is 12.1 Å². The molecule has 5 heteroatoms. The first kappa shape index (κ1) is 9.98. The van der Waals surface area contributed by atoms with Crippen LogP contribution in [0.2, 0.25) is 0 Å². The maximum Gasteiger partial charge on any atom is 0.253 e. The minimum atomic E-state index is -3.29. The van der Waals surface area contributed by atoms with E-state index in [1.54, 1.807) is 19.1 Å². The van der Waals surface area contributed by atoms with Crippen molar-refractivity contribution >= 4 is 15.7 Å². The Kier molecular flexibility index (Phi) is 3.25. The largest absolute Gasteiger partial charge is 0.265 e. The number of hydrogen-bond donors (Lipinski definition) is 0. The zero-order valence-electron chi connectivity index (χ0n) is 7.34. The van der Waals surface area contributed by atoms with E-state index in [1.807, 2.05) is 0 Å². The zero-order chi connectivity index (χ0) is 9.73. The van der Waals surface area contributed by atoms with Crippen LogP contribution in [-0.2, 0) is 10.0 Å². The van der Waals surface area contributed by atoms with Gasteiger partial charge in [0, 0.05) is 12.4 Å². The summed E-state index contributed by atoms with van der Waals surface area (Å²) in [5.74, 6) is 0.0926. The molecule has 0 saturated carbocycles. The van der Waals surface area contributed by atoms with Crippen LogP contribution >= 0.6 is 0 Å². The Balaban J connectivity index is 2.70. The van der Waals surface area contributed by atoms with Gasteiger partial charge in [-0.25, -0.2) is 8.42 Å². The lowest BCUT2D eigenvalue weighted by Gasteiger charge is -2.01. The van der Waals surface area contributed by atoms with E-state index >= 15 is 0 Å². The maximum absolute atomic E-state index is 11.2. The smallest absolute Gasteiger partial charge is 0.253 e. The first-order valence-electron chi connectivity index (χ1n) is 4.00. The molecule has 0 amide bonds. The molecule has 0 spiro atoms. The number of hydrogen-bond acceptors (Lipinski definition) is 3. The molecule has 71 valence electrons. The molecule has 0 N–H and O–H groups in total. The molecule has 0 aromatic carbocycles. The fourth-order valence-electron chi connectivity index (χ4n) is 0.869. The average Bonchev–Trinajstić information content (AvgIpc) is 2.04. The highest BCUT2D eigenvalue weighted by Crippen LogP contribution is 2.07. The van der Waals surface area contributed by atoms with Crippen LogP contribution in [-0.4, -0.2) is 19.2 Å². The van der Waals surface area contributed by atoms with Crippen molar-refractivity contribution in [1.29, 1.82) is 0 Å². The summed E-state index contributed by atoms with van der Waals surface area (Å²) in [6.45, 7) is 1.81. The third-order valence-electron chi connectivity index (χ3n) is 1.37. The third-order valence-corrected chi connectivity index (χ3v) is 2.78. The summed E-state index contributed by atoms with van der Waals surface area (Å²) in [6, 6.07) is 3.13. The molecule has 1 radical (unpaired) electrons. The monoisotopic (exact) mass is 199 g/mol. The van der Waals surface area contributed by atoms with Gasteiger partial charge in [-0.3, -0.25) is 4.98 Å². The van der Waals surface area contributed by atoms with Gasteiger partial charge in [-0.1, -0.05) is 6.92 Å². The number of sulfonamides is 1. The second-order valence-electron chi connectivity index (χ2n) is 2.58. The molecule has 1 aromatic heterocycles. The molecule has 0 bridgehead atoms. The van der Waals surface area contributed by atoms with Crippen LogP contribution in [0.3, 0.4) is 0 Å². The van der Waals surface area contributed by atoms with Gasteiger partial charge in [-0.15, -0.1) is 0 Å². The molecule has 4 nitrogen and oxygen atoms in total. The number of aromatic nitrogens is 1. The Labute approximate surface area is 78.1 Å². The van der Waals surface area contributed by atoms with Gasteiger partial charge >= 0.3 is 0 Å². The Morgan fingerprint density at radius 2 is 2.00 bits per heavy atom. The quantitative estimate of drug-likeness (QED) is 0.728. The SMILES string of the molecule is CCCS(=O)(=O)[N]c1ccncc1. The molecule has 0 aliphatic carbocycles. The van der Waals surface area contributed by atoms with E-state index in [1.165, 1.54) is 12.4 Å². The van der Waals surface area contributed by atoms with Crippen molar-refractivity contribution in [3.63, 3.8) is 0 Å². The average molecular weight is 199 g/mol. The van der Waals surface area contributed by atoms with Gasteiger partial charge in [0.15, 0.2) is 0 Å². The molecule has 0 aliphatic heterocycles. The molecule has 1 heterocycles. The first-order valence-corrected chi connectivity index (χ1v) is 5.60. The number of rotatable bonds is 4. The predicted molar refractivity (Wildman–Crippen MR) is 50.1 cm³/mol. The fraction of sp³-hybridized carbons (Fsp3) is 0.375. The van der Waals surface area contributed by atoms with Gasteiger partial charge < -0.3 is 0 Å². The predicted octanol–water partition coefficient (Wildman–Crippen LogP) is 1.06. The number of nitrogens with zero attached hydrogens (tertiary/aromatic N) is 2. The summed E-state index contributed by atoms with van der Waals surface area (Å²) >= 11 is 0. The van der Waals surface area contributed by atoms with Crippen molar-refractivity contribution in [3.8, 4) is 0 Å². The topological polar surface area (TPSA) is 61.1 Å². The summed E-state index contributed by atoms with van der Waals surface area (Å²) in [4.78, 5) is 3.77. The normalized spacial score (nSPS) is 11.2. The van der Waals surface area contributed by atoms with Gasteiger partial charge in [0.25, 0.3) is 10.0 Å². The summed E-state index contributed by atoms with van der Waals surface area (Å²) < 4.78 is 26.0. The standard InChI is InChI=1S/C8H11N2O2S/c1-2-7-13(11,12)10-8-3-5-9-6-4-8/h3-6H,2,7H2,1H3. The summed E-state index contributed by atoms with van der Waals surface area (Å²) in [5, 5.41) is 0.